The van der Waals surface area contributed by atoms with E-state index in [1.807, 2.05) is 30.3 Å². The highest BCUT2D eigenvalue weighted by molar-refractivity contribution is 9.10. The number of furan rings is 1. The fourth-order valence-electron chi connectivity index (χ4n) is 3.23. The molecule has 0 spiro atoms. The van der Waals surface area contributed by atoms with E-state index in [1.54, 1.807) is 29.7 Å². The first kappa shape index (κ1) is 20.4. The lowest BCUT2D eigenvalue weighted by molar-refractivity contribution is 0.0997. The monoisotopic (exact) mass is 481 g/mol. The van der Waals surface area contributed by atoms with Gasteiger partial charge in [-0.25, -0.2) is 4.98 Å². The minimum absolute atomic E-state index is 0.190. The molecule has 0 radical (unpaired) electrons. The summed E-state index contributed by atoms with van der Waals surface area (Å²) < 4.78 is 6.27. The number of rotatable bonds is 6. The van der Waals surface area contributed by atoms with Crippen LogP contribution in [0.25, 0.3) is 0 Å². The molecule has 4 rings (SSSR count). The van der Waals surface area contributed by atoms with Gasteiger partial charge in [0.25, 0.3) is 5.91 Å². The van der Waals surface area contributed by atoms with Crippen LogP contribution >= 0.6 is 27.3 Å². The molecule has 1 aromatic carbocycles. The van der Waals surface area contributed by atoms with Crippen LogP contribution in [0.5, 0.6) is 0 Å². The zero-order valence-electron chi connectivity index (χ0n) is 16.5. The zero-order valence-corrected chi connectivity index (χ0v) is 18.9. The number of aryl methyl sites for hydroxylation is 1. The number of pyridine rings is 1. The number of halogens is 1. The molecule has 0 fully saturated rings. The zero-order chi connectivity index (χ0) is 21.1. The molecule has 1 amide bonds. The molecule has 5 nitrogen and oxygen atoms in total. The smallest absolute Gasteiger partial charge is 0.291 e. The fourth-order valence-corrected chi connectivity index (χ4v) is 4.59. The van der Waals surface area contributed by atoms with Crippen molar-refractivity contribution in [3.63, 3.8) is 0 Å². The van der Waals surface area contributed by atoms with Crippen molar-refractivity contribution >= 4 is 44.0 Å². The standard InChI is InChI=1S/C23H20BrN3O2S/c1-14-15(2)30-23(27-22(28)18-6-5-13-29-18)20(14)21(16-8-10-17(24)11-9-16)26-19-7-3-4-12-25-19/h3-13,21H,1-2H3,(H,25,26)(H,27,28). The second-order valence-electron chi connectivity index (χ2n) is 6.80. The Bertz CT molecular complexity index is 1140. The molecule has 0 aliphatic heterocycles. The average Bonchev–Trinajstić information content (AvgIpc) is 3.37. The maximum Gasteiger partial charge on any atom is 0.291 e. The Labute approximate surface area is 187 Å². The first-order chi connectivity index (χ1) is 14.5. The maximum absolute atomic E-state index is 12.7. The molecule has 2 N–H and O–H groups in total. The van der Waals surface area contributed by atoms with Gasteiger partial charge >= 0.3 is 0 Å². The Balaban J connectivity index is 1.77. The molecule has 3 heterocycles. The molecule has 0 aliphatic rings. The fraction of sp³-hybridized carbons (Fsp3) is 0.130. The number of benzene rings is 1. The lowest BCUT2D eigenvalue weighted by Crippen LogP contribution is -2.17. The van der Waals surface area contributed by atoms with Crippen LogP contribution in [0.1, 0.15) is 38.2 Å². The largest absolute Gasteiger partial charge is 0.459 e. The highest BCUT2D eigenvalue weighted by Crippen LogP contribution is 2.41. The number of aromatic nitrogens is 1. The van der Waals surface area contributed by atoms with Gasteiger partial charge in [-0.3, -0.25) is 4.79 Å². The third-order valence-electron chi connectivity index (χ3n) is 4.85. The van der Waals surface area contributed by atoms with E-state index in [9.17, 15) is 4.79 Å². The Kier molecular flexibility index (Phi) is 6.01. The molecule has 7 heteroatoms. The van der Waals surface area contributed by atoms with E-state index in [4.69, 9.17) is 4.42 Å². The second-order valence-corrected chi connectivity index (χ2v) is 8.94. The molecule has 30 heavy (non-hydrogen) atoms. The van der Waals surface area contributed by atoms with Gasteiger partial charge in [-0.15, -0.1) is 11.3 Å². The van der Waals surface area contributed by atoms with Crippen molar-refractivity contribution < 1.29 is 9.21 Å². The lowest BCUT2D eigenvalue weighted by Gasteiger charge is -2.22. The summed E-state index contributed by atoms with van der Waals surface area (Å²) in [6.07, 6.45) is 3.25. The Hall–Kier alpha value is -2.90. The number of carbonyl (C=O) groups excluding carboxylic acids is 1. The van der Waals surface area contributed by atoms with Crippen molar-refractivity contribution in [3.8, 4) is 0 Å². The van der Waals surface area contributed by atoms with Gasteiger partial charge in [0.2, 0.25) is 0 Å². The maximum atomic E-state index is 12.7. The van der Waals surface area contributed by atoms with Gasteiger partial charge in [0, 0.05) is 21.1 Å². The Morgan fingerprint density at radius 2 is 1.90 bits per heavy atom. The molecule has 1 atom stereocenters. The summed E-state index contributed by atoms with van der Waals surface area (Å²) in [6, 6.07) is 17.1. The molecule has 1 unspecified atom stereocenters. The number of nitrogens with zero attached hydrogens (tertiary/aromatic N) is 1. The highest BCUT2D eigenvalue weighted by Gasteiger charge is 2.25. The van der Waals surface area contributed by atoms with Crippen LogP contribution < -0.4 is 10.6 Å². The van der Waals surface area contributed by atoms with Crippen molar-refractivity contribution in [2.24, 2.45) is 0 Å². The highest BCUT2D eigenvalue weighted by atomic mass is 79.9. The normalized spacial score (nSPS) is 11.8. The van der Waals surface area contributed by atoms with Crippen molar-refractivity contribution in [2.75, 3.05) is 10.6 Å². The van der Waals surface area contributed by atoms with Gasteiger partial charge in [0.1, 0.15) is 10.8 Å². The molecule has 4 aromatic rings. The van der Waals surface area contributed by atoms with Gasteiger partial charge in [-0.05, 0) is 61.4 Å². The van der Waals surface area contributed by atoms with Crippen LogP contribution in [0.15, 0.2) is 75.9 Å². The first-order valence-corrected chi connectivity index (χ1v) is 11.0. The van der Waals surface area contributed by atoms with Crippen molar-refractivity contribution in [2.45, 2.75) is 19.9 Å². The molecule has 0 bridgehead atoms. The summed E-state index contributed by atoms with van der Waals surface area (Å²) in [6.45, 7) is 4.14. The van der Waals surface area contributed by atoms with Gasteiger partial charge < -0.3 is 15.1 Å². The van der Waals surface area contributed by atoms with Gasteiger partial charge in [-0.2, -0.15) is 0 Å². The average molecular weight is 482 g/mol. The third kappa shape index (κ3) is 4.32. The number of thiophene rings is 1. The summed E-state index contributed by atoms with van der Waals surface area (Å²) in [7, 11) is 0. The topological polar surface area (TPSA) is 67.2 Å². The van der Waals surface area contributed by atoms with Crippen molar-refractivity contribution in [1.29, 1.82) is 0 Å². The minimum atomic E-state index is -0.269. The van der Waals surface area contributed by atoms with E-state index in [0.717, 1.165) is 36.9 Å². The van der Waals surface area contributed by atoms with E-state index in [-0.39, 0.29) is 17.7 Å². The quantitative estimate of drug-likeness (QED) is 0.326. The van der Waals surface area contributed by atoms with E-state index in [0.29, 0.717) is 0 Å². The molecule has 152 valence electrons. The second kappa shape index (κ2) is 8.85. The van der Waals surface area contributed by atoms with Crippen molar-refractivity contribution in [3.05, 3.63) is 98.9 Å². The predicted octanol–water partition coefficient (Wildman–Crippen LogP) is 6.57. The van der Waals surface area contributed by atoms with Crippen LogP contribution in [0.2, 0.25) is 0 Å². The lowest BCUT2D eigenvalue weighted by atomic mass is 9.96. The van der Waals surface area contributed by atoms with Crippen LogP contribution in [0, 0.1) is 13.8 Å². The van der Waals surface area contributed by atoms with Crippen LogP contribution in [-0.4, -0.2) is 10.9 Å². The summed E-state index contributed by atoms with van der Waals surface area (Å²) in [4.78, 5) is 18.3. The molecule has 0 aliphatic carbocycles. The van der Waals surface area contributed by atoms with E-state index in [1.165, 1.54) is 6.26 Å². The number of anilines is 2. The summed E-state index contributed by atoms with van der Waals surface area (Å²) >= 11 is 5.07. The van der Waals surface area contributed by atoms with Gasteiger partial charge in [0.15, 0.2) is 5.76 Å². The third-order valence-corrected chi connectivity index (χ3v) is 6.52. The molecule has 0 saturated carbocycles. The first-order valence-electron chi connectivity index (χ1n) is 9.40. The van der Waals surface area contributed by atoms with Gasteiger partial charge in [-0.1, -0.05) is 34.1 Å². The summed E-state index contributed by atoms with van der Waals surface area (Å²) in [5.74, 6) is 0.773. The SMILES string of the molecule is Cc1sc(NC(=O)c2ccco2)c(C(Nc2ccccn2)c2ccc(Br)cc2)c1C. The van der Waals surface area contributed by atoms with Crippen LogP contribution in [0.4, 0.5) is 10.8 Å². The number of hydrogen-bond acceptors (Lipinski definition) is 5. The summed E-state index contributed by atoms with van der Waals surface area (Å²) in [5, 5.41) is 7.37. The summed E-state index contributed by atoms with van der Waals surface area (Å²) in [5.41, 5.74) is 3.22. The Morgan fingerprint density at radius 1 is 1.10 bits per heavy atom. The number of nitrogens with one attached hydrogen (secondary N) is 2. The molecule has 3 aromatic heterocycles. The van der Waals surface area contributed by atoms with Gasteiger partial charge in [0.05, 0.1) is 12.3 Å². The molecular weight excluding hydrogens is 462 g/mol. The van der Waals surface area contributed by atoms with E-state index < -0.39 is 0 Å². The molecular formula is C23H20BrN3O2S. The Morgan fingerprint density at radius 3 is 2.57 bits per heavy atom. The van der Waals surface area contributed by atoms with E-state index >= 15 is 0 Å². The van der Waals surface area contributed by atoms with Crippen LogP contribution in [-0.2, 0) is 0 Å². The predicted molar refractivity (Wildman–Crippen MR) is 124 cm³/mol. The minimum Gasteiger partial charge on any atom is -0.459 e. The molecule has 0 saturated heterocycles. The number of carbonyl (C=O) groups is 1. The number of hydrogen-bond donors (Lipinski definition) is 2. The van der Waals surface area contributed by atoms with Crippen molar-refractivity contribution in [1.82, 2.24) is 4.98 Å². The van der Waals surface area contributed by atoms with Crippen LogP contribution in [0.3, 0.4) is 0 Å². The number of amides is 1. The van der Waals surface area contributed by atoms with E-state index in [2.05, 4.69) is 57.5 Å².